The van der Waals surface area contributed by atoms with Gasteiger partial charge in [-0.3, -0.25) is 9.78 Å². The van der Waals surface area contributed by atoms with Crippen molar-refractivity contribution < 1.29 is 14.3 Å². The van der Waals surface area contributed by atoms with Gasteiger partial charge in [-0.15, -0.1) is 5.10 Å². The largest absolute Gasteiger partial charge is 0.497 e. The SMILES string of the molecule is COc1ccc(C2C(C(C)=O)=C(C)Oc3ncn4nc(-c5ccccn5)nc4c32)cc1. The van der Waals surface area contributed by atoms with E-state index in [4.69, 9.17) is 14.5 Å². The molecule has 0 aliphatic carbocycles. The molecule has 154 valence electrons. The molecule has 1 aliphatic rings. The first kappa shape index (κ1) is 18.9. The number of ketones is 1. The third-order valence-corrected chi connectivity index (χ3v) is 5.32. The molecule has 1 aromatic carbocycles. The number of pyridine rings is 1. The van der Waals surface area contributed by atoms with Crippen molar-refractivity contribution in [3.8, 4) is 23.1 Å². The van der Waals surface area contributed by atoms with E-state index < -0.39 is 5.92 Å². The van der Waals surface area contributed by atoms with Gasteiger partial charge >= 0.3 is 0 Å². The second-order valence-corrected chi connectivity index (χ2v) is 7.22. The van der Waals surface area contributed by atoms with Crippen LogP contribution in [0.2, 0.25) is 0 Å². The van der Waals surface area contributed by atoms with Gasteiger partial charge in [0.15, 0.2) is 11.4 Å². The van der Waals surface area contributed by atoms with Crippen molar-refractivity contribution in [1.29, 1.82) is 0 Å². The second kappa shape index (κ2) is 7.32. The number of fused-ring (bicyclic) bond motifs is 3. The first-order valence-corrected chi connectivity index (χ1v) is 9.77. The molecule has 0 N–H and O–H groups in total. The maximum absolute atomic E-state index is 12.7. The van der Waals surface area contributed by atoms with Crippen LogP contribution in [0.3, 0.4) is 0 Å². The Morgan fingerprint density at radius 2 is 1.94 bits per heavy atom. The van der Waals surface area contributed by atoms with Crippen LogP contribution >= 0.6 is 0 Å². The molecule has 0 radical (unpaired) electrons. The lowest BCUT2D eigenvalue weighted by molar-refractivity contribution is -0.114. The standard InChI is InChI=1S/C23H19N5O3/c1-13(29)18-14(2)31-23-20(19(18)15-7-9-16(30-3)10-8-15)22-26-21(27-28(22)12-25-23)17-6-4-5-11-24-17/h4-12,19H,1-3H3. The van der Waals surface area contributed by atoms with E-state index in [1.54, 1.807) is 38.0 Å². The first-order valence-electron chi connectivity index (χ1n) is 9.77. The second-order valence-electron chi connectivity index (χ2n) is 7.22. The summed E-state index contributed by atoms with van der Waals surface area (Å²) in [7, 11) is 1.62. The molecule has 1 unspecified atom stereocenters. The van der Waals surface area contributed by atoms with Gasteiger partial charge in [0.05, 0.1) is 12.7 Å². The number of hydrogen-bond donors (Lipinski definition) is 0. The Hall–Kier alpha value is -4.07. The predicted molar refractivity (Wildman–Crippen MR) is 113 cm³/mol. The van der Waals surface area contributed by atoms with Gasteiger partial charge in [-0.25, -0.2) is 14.5 Å². The number of carbonyl (C=O) groups is 1. The highest BCUT2D eigenvalue weighted by Gasteiger charge is 2.36. The summed E-state index contributed by atoms with van der Waals surface area (Å²) < 4.78 is 12.8. The van der Waals surface area contributed by atoms with Crippen molar-refractivity contribution in [2.75, 3.05) is 7.11 Å². The Balaban J connectivity index is 1.76. The van der Waals surface area contributed by atoms with E-state index in [1.807, 2.05) is 42.5 Å². The number of hydrogen-bond acceptors (Lipinski definition) is 7. The van der Waals surface area contributed by atoms with E-state index in [1.165, 1.54) is 0 Å². The Labute approximate surface area is 178 Å². The Bertz CT molecular complexity index is 1330. The quantitative estimate of drug-likeness (QED) is 0.505. The molecule has 0 amide bonds. The maximum atomic E-state index is 12.7. The van der Waals surface area contributed by atoms with E-state index in [0.717, 1.165) is 11.3 Å². The van der Waals surface area contributed by atoms with Crippen molar-refractivity contribution in [3.63, 3.8) is 0 Å². The molecule has 8 nitrogen and oxygen atoms in total. The molecule has 0 spiro atoms. The average molecular weight is 413 g/mol. The number of allylic oxidation sites excluding steroid dienone is 2. The molecule has 31 heavy (non-hydrogen) atoms. The highest BCUT2D eigenvalue weighted by molar-refractivity contribution is 5.97. The van der Waals surface area contributed by atoms with E-state index >= 15 is 0 Å². The normalized spacial score (nSPS) is 15.5. The predicted octanol–water partition coefficient (Wildman–Crippen LogP) is 3.58. The summed E-state index contributed by atoms with van der Waals surface area (Å²) in [4.78, 5) is 26.2. The summed E-state index contributed by atoms with van der Waals surface area (Å²) in [5, 5.41) is 4.54. The zero-order valence-electron chi connectivity index (χ0n) is 17.2. The lowest BCUT2D eigenvalue weighted by Gasteiger charge is -2.28. The summed E-state index contributed by atoms with van der Waals surface area (Å²) in [6.07, 6.45) is 3.25. The van der Waals surface area contributed by atoms with E-state index in [2.05, 4.69) is 15.1 Å². The van der Waals surface area contributed by atoms with Gasteiger partial charge in [-0.05, 0) is 43.7 Å². The first-order chi connectivity index (χ1) is 15.1. The van der Waals surface area contributed by atoms with Gasteiger partial charge in [-0.2, -0.15) is 0 Å². The summed E-state index contributed by atoms with van der Waals surface area (Å²) in [6.45, 7) is 3.33. The summed E-state index contributed by atoms with van der Waals surface area (Å²) in [6, 6.07) is 13.2. The highest BCUT2D eigenvalue weighted by atomic mass is 16.5. The number of carbonyl (C=O) groups excluding carboxylic acids is 1. The maximum Gasteiger partial charge on any atom is 0.228 e. The average Bonchev–Trinajstić information content (AvgIpc) is 3.23. The van der Waals surface area contributed by atoms with Crippen LogP contribution in [0.1, 0.15) is 30.9 Å². The fourth-order valence-corrected chi connectivity index (χ4v) is 3.93. The van der Waals surface area contributed by atoms with E-state index in [9.17, 15) is 4.79 Å². The number of benzene rings is 1. The molecule has 5 rings (SSSR count). The minimum Gasteiger partial charge on any atom is -0.497 e. The fraction of sp³-hybridized carbons (Fsp3) is 0.174. The van der Waals surface area contributed by atoms with Gasteiger partial charge in [0.25, 0.3) is 0 Å². The molecule has 8 heteroatoms. The van der Waals surface area contributed by atoms with Crippen LogP contribution in [0, 0.1) is 0 Å². The van der Waals surface area contributed by atoms with Crippen LogP contribution in [0.15, 0.2) is 66.3 Å². The zero-order valence-corrected chi connectivity index (χ0v) is 17.2. The molecule has 0 saturated carbocycles. The third kappa shape index (κ3) is 3.13. The van der Waals surface area contributed by atoms with Crippen molar-refractivity contribution >= 4 is 11.4 Å². The Kier molecular flexibility index (Phi) is 4.47. The van der Waals surface area contributed by atoms with Crippen LogP contribution in [-0.2, 0) is 4.79 Å². The summed E-state index contributed by atoms with van der Waals surface area (Å²) in [5.41, 5.74) is 3.38. The van der Waals surface area contributed by atoms with Gasteiger partial charge in [-0.1, -0.05) is 18.2 Å². The van der Waals surface area contributed by atoms with Crippen LogP contribution in [-0.4, -0.2) is 37.5 Å². The minimum atomic E-state index is -0.399. The lowest BCUT2D eigenvalue weighted by atomic mass is 9.82. The summed E-state index contributed by atoms with van der Waals surface area (Å²) in [5.74, 6) is 1.68. The number of aromatic nitrogens is 5. The Morgan fingerprint density at radius 3 is 2.61 bits per heavy atom. The van der Waals surface area contributed by atoms with Crippen LogP contribution in [0.5, 0.6) is 11.6 Å². The molecule has 0 bridgehead atoms. The fourth-order valence-electron chi connectivity index (χ4n) is 3.93. The highest BCUT2D eigenvalue weighted by Crippen LogP contribution is 2.44. The van der Waals surface area contributed by atoms with Crippen LogP contribution in [0.25, 0.3) is 17.2 Å². The smallest absolute Gasteiger partial charge is 0.228 e. The molecular weight excluding hydrogens is 394 g/mol. The number of rotatable bonds is 4. The number of ether oxygens (including phenoxy) is 2. The van der Waals surface area contributed by atoms with Crippen LogP contribution < -0.4 is 9.47 Å². The Morgan fingerprint density at radius 1 is 1.13 bits per heavy atom. The van der Waals surface area contributed by atoms with Gasteiger partial charge in [0.1, 0.15) is 23.5 Å². The van der Waals surface area contributed by atoms with E-state index in [0.29, 0.717) is 39.9 Å². The van der Waals surface area contributed by atoms with Crippen LogP contribution in [0.4, 0.5) is 0 Å². The summed E-state index contributed by atoms with van der Waals surface area (Å²) >= 11 is 0. The molecule has 1 aliphatic heterocycles. The molecule has 3 aromatic heterocycles. The topological polar surface area (TPSA) is 91.5 Å². The number of nitrogens with zero attached hydrogens (tertiary/aromatic N) is 5. The molecule has 4 aromatic rings. The van der Waals surface area contributed by atoms with Crippen molar-refractivity contribution in [3.05, 3.63) is 77.4 Å². The molecular formula is C23H19N5O3. The molecule has 4 heterocycles. The van der Waals surface area contributed by atoms with Crippen molar-refractivity contribution in [1.82, 2.24) is 24.6 Å². The molecule has 0 saturated heterocycles. The lowest BCUT2D eigenvalue weighted by Crippen LogP contribution is -2.22. The molecule has 1 atom stereocenters. The minimum absolute atomic E-state index is 0.0737. The number of Topliss-reactive ketones (excluding diaryl/α,β-unsaturated/α-hetero) is 1. The monoisotopic (exact) mass is 413 g/mol. The van der Waals surface area contributed by atoms with Crippen molar-refractivity contribution in [2.24, 2.45) is 0 Å². The van der Waals surface area contributed by atoms with Gasteiger partial charge in [0.2, 0.25) is 11.7 Å². The third-order valence-electron chi connectivity index (χ3n) is 5.32. The molecule has 0 fully saturated rings. The van der Waals surface area contributed by atoms with Gasteiger partial charge < -0.3 is 9.47 Å². The zero-order chi connectivity index (χ0) is 21.5. The van der Waals surface area contributed by atoms with E-state index in [-0.39, 0.29) is 5.78 Å². The van der Waals surface area contributed by atoms with Crippen molar-refractivity contribution in [2.45, 2.75) is 19.8 Å². The number of methoxy groups -OCH3 is 1. The van der Waals surface area contributed by atoms with Gasteiger partial charge in [0, 0.05) is 17.7 Å².